The third kappa shape index (κ3) is 2.02. The van der Waals surface area contributed by atoms with Crippen LogP contribution in [0.1, 0.15) is 17.3 Å². The van der Waals surface area contributed by atoms with Crippen LogP contribution >= 0.6 is 11.3 Å². The Kier molecular flexibility index (Phi) is 3.12. The highest BCUT2D eigenvalue weighted by Gasteiger charge is 2.19. The van der Waals surface area contributed by atoms with Crippen LogP contribution in [0.3, 0.4) is 0 Å². The van der Waals surface area contributed by atoms with E-state index in [-0.39, 0.29) is 5.91 Å². The van der Waals surface area contributed by atoms with Crippen molar-refractivity contribution in [2.75, 3.05) is 7.05 Å². The monoisotopic (exact) mass is 244 g/mol. The van der Waals surface area contributed by atoms with E-state index in [9.17, 15) is 4.79 Å². The fourth-order valence-corrected chi connectivity index (χ4v) is 2.53. The number of hydrogen-bond acceptors (Lipinski definition) is 3. The van der Waals surface area contributed by atoms with Crippen LogP contribution in [0.4, 0.5) is 0 Å². The molecule has 0 saturated carbocycles. The molecule has 1 aromatic heterocycles. The normalized spacial score (nSPS) is 12.1. The zero-order valence-corrected chi connectivity index (χ0v) is 10.5. The first-order chi connectivity index (χ1) is 8.15. The average molecular weight is 244 g/mol. The Morgan fingerprint density at radius 3 is 2.88 bits per heavy atom. The predicted molar refractivity (Wildman–Crippen MR) is 69.0 cm³/mol. The summed E-state index contributed by atoms with van der Waals surface area (Å²) in [6.07, 6.45) is 0. The molecule has 1 amide bonds. The minimum absolute atomic E-state index is 0.100. The van der Waals surface area contributed by atoms with Crippen molar-refractivity contribution in [2.45, 2.75) is 13.0 Å². The smallest absolute Gasteiger partial charge is 0.256 e. The van der Waals surface area contributed by atoms with Crippen LogP contribution in [0.5, 0.6) is 0 Å². The van der Waals surface area contributed by atoms with E-state index in [1.807, 2.05) is 29.6 Å². The molecule has 3 nitrogen and oxygen atoms in total. The van der Waals surface area contributed by atoms with E-state index in [1.54, 1.807) is 25.3 Å². The predicted octanol–water partition coefficient (Wildman–Crippen LogP) is 2.89. The maximum absolute atomic E-state index is 12.2. The van der Waals surface area contributed by atoms with Crippen molar-refractivity contribution in [3.63, 3.8) is 0 Å². The minimum Gasteiger partial charge on any atom is -0.326 e. The fraction of sp³-hybridized carbons (Fsp3) is 0.231. The summed E-state index contributed by atoms with van der Waals surface area (Å²) in [5, 5.41) is 11.6. The van der Waals surface area contributed by atoms with E-state index in [1.165, 1.54) is 4.90 Å². The van der Waals surface area contributed by atoms with Crippen LogP contribution in [-0.2, 0) is 0 Å². The zero-order chi connectivity index (χ0) is 12.4. The third-order valence-corrected chi connectivity index (χ3v) is 3.76. The topological polar surface area (TPSA) is 44.1 Å². The van der Waals surface area contributed by atoms with Gasteiger partial charge in [0.1, 0.15) is 6.04 Å². The first kappa shape index (κ1) is 11.6. The van der Waals surface area contributed by atoms with Gasteiger partial charge in [-0.15, -0.1) is 11.3 Å². The number of benzene rings is 1. The van der Waals surface area contributed by atoms with Crippen LogP contribution < -0.4 is 0 Å². The van der Waals surface area contributed by atoms with Crippen LogP contribution in [0, 0.1) is 11.3 Å². The fourth-order valence-electron chi connectivity index (χ4n) is 1.60. The Morgan fingerprint density at radius 2 is 2.18 bits per heavy atom. The molecular weight excluding hydrogens is 232 g/mol. The number of nitriles is 1. The molecule has 1 aromatic carbocycles. The van der Waals surface area contributed by atoms with Crippen molar-refractivity contribution in [1.29, 1.82) is 5.26 Å². The van der Waals surface area contributed by atoms with E-state index in [2.05, 4.69) is 6.07 Å². The maximum atomic E-state index is 12.2. The van der Waals surface area contributed by atoms with E-state index in [0.29, 0.717) is 5.56 Å². The first-order valence-electron chi connectivity index (χ1n) is 5.28. The number of carbonyl (C=O) groups is 1. The molecule has 1 unspecified atom stereocenters. The summed E-state index contributed by atoms with van der Waals surface area (Å²) in [4.78, 5) is 13.7. The number of nitrogens with zero attached hydrogens (tertiary/aromatic N) is 2. The lowest BCUT2D eigenvalue weighted by Crippen LogP contribution is -2.33. The van der Waals surface area contributed by atoms with Crippen molar-refractivity contribution in [1.82, 2.24) is 4.90 Å². The molecule has 0 saturated heterocycles. The van der Waals surface area contributed by atoms with Crippen molar-refractivity contribution in [3.05, 3.63) is 35.2 Å². The summed E-state index contributed by atoms with van der Waals surface area (Å²) in [5.74, 6) is -0.100. The lowest BCUT2D eigenvalue weighted by molar-refractivity contribution is 0.0775. The molecule has 2 aromatic rings. The SMILES string of the molecule is CC(C#N)N(C)C(=O)c1csc2ccccc12. The number of hydrogen-bond donors (Lipinski definition) is 0. The number of rotatable bonds is 2. The van der Waals surface area contributed by atoms with Gasteiger partial charge in [0.2, 0.25) is 0 Å². The molecule has 1 heterocycles. The Hall–Kier alpha value is -1.86. The molecule has 0 spiro atoms. The summed E-state index contributed by atoms with van der Waals surface area (Å²) >= 11 is 1.55. The van der Waals surface area contributed by atoms with Gasteiger partial charge in [-0.1, -0.05) is 18.2 Å². The quantitative estimate of drug-likeness (QED) is 0.815. The van der Waals surface area contributed by atoms with Gasteiger partial charge in [0.25, 0.3) is 5.91 Å². The second-order valence-corrected chi connectivity index (χ2v) is 4.78. The molecule has 0 bridgehead atoms. The van der Waals surface area contributed by atoms with E-state index >= 15 is 0 Å². The van der Waals surface area contributed by atoms with Gasteiger partial charge in [0.05, 0.1) is 11.6 Å². The van der Waals surface area contributed by atoms with Gasteiger partial charge in [-0.25, -0.2) is 0 Å². The van der Waals surface area contributed by atoms with Crippen molar-refractivity contribution in [2.24, 2.45) is 0 Å². The van der Waals surface area contributed by atoms with Gasteiger partial charge >= 0.3 is 0 Å². The van der Waals surface area contributed by atoms with Crippen LogP contribution in [0.25, 0.3) is 10.1 Å². The Labute approximate surface area is 104 Å². The summed E-state index contributed by atoms with van der Waals surface area (Å²) in [6.45, 7) is 1.71. The Morgan fingerprint density at radius 1 is 1.47 bits per heavy atom. The number of fused-ring (bicyclic) bond motifs is 1. The molecule has 0 aliphatic rings. The second-order valence-electron chi connectivity index (χ2n) is 3.87. The second kappa shape index (κ2) is 4.56. The zero-order valence-electron chi connectivity index (χ0n) is 9.68. The number of amides is 1. The molecule has 0 radical (unpaired) electrons. The summed E-state index contributed by atoms with van der Waals surface area (Å²) < 4.78 is 1.09. The van der Waals surface area contributed by atoms with Gasteiger partial charge in [-0.3, -0.25) is 4.79 Å². The van der Waals surface area contributed by atoms with Crippen LogP contribution in [0.15, 0.2) is 29.6 Å². The Balaban J connectivity index is 2.41. The lowest BCUT2D eigenvalue weighted by atomic mass is 10.1. The van der Waals surface area contributed by atoms with E-state index in [0.717, 1.165) is 10.1 Å². The molecule has 4 heteroatoms. The molecule has 17 heavy (non-hydrogen) atoms. The van der Waals surface area contributed by atoms with Crippen LogP contribution in [-0.4, -0.2) is 23.9 Å². The van der Waals surface area contributed by atoms with Gasteiger partial charge in [-0.2, -0.15) is 5.26 Å². The van der Waals surface area contributed by atoms with Crippen molar-refractivity contribution < 1.29 is 4.79 Å². The molecule has 0 fully saturated rings. The van der Waals surface area contributed by atoms with E-state index in [4.69, 9.17) is 5.26 Å². The van der Waals surface area contributed by atoms with Gasteiger partial charge in [-0.05, 0) is 13.0 Å². The lowest BCUT2D eigenvalue weighted by Gasteiger charge is -2.18. The highest BCUT2D eigenvalue weighted by molar-refractivity contribution is 7.17. The highest BCUT2D eigenvalue weighted by atomic mass is 32.1. The van der Waals surface area contributed by atoms with Gasteiger partial charge < -0.3 is 4.90 Å². The van der Waals surface area contributed by atoms with E-state index < -0.39 is 6.04 Å². The van der Waals surface area contributed by atoms with Crippen molar-refractivity contribution in [3.8, 4) is 6.07 Å². The van der Waals surface area contributed by atoms with Crippen molar-refractivity contribution >= 4 is 27.3 Å². The minimum atomic E-state index is -0.416. The number of carbonyl (C=O) groups excluding carboxylic acids is 1. The number of thiophene rings is 1. The summed E-state index contributed by atoms with van der Waals surface area (Å²) in [6, 6.07) is 9.44. The molecular formula is C13H12N2OS. The van der Waals surface area contributed by atoms with Crippen LogP contribution in [0.2, 0.25) is 0 Å². The molecule has 2 rings (SSSR count). The van der Waals surface area contributed by atoms with Gasteiger partial charge in [0.15, 0.2) is 0 Å². The molecule has 86 valence electrons. The highest BCUT2D eigenvalue weighted by Crippen LogP contribution is 2.26. The standard InChI is InChI=1S/C13H12N2OS/c1-9(7-14)15(2)13(16)11-8-17-12-6-4-3-5-10(11)12/h3-6,8-9H,1-2H3. The summed E-state index contributed by atoms with van der Waals surface area (Å²) in [5.41, 5.74) is 0.676. The molecule has 0 aliphatic heterocycles. The first-order valence-corrected chi connectivity index (χ1v) is 6.16. The molecule has 1 atom stereocenters. The third-order valence-electron chi connectivity index (χ3n) is 2.80. The Bertz CT molecular complexity index is 597. The molecule has 0 aliphatic carbocycles. The molecule has 0 N–H and O–H groups in total. The van der Waals surface area contributed by atoms with Gasteiger partial charge in [0, 0.05) is 22.5 Å². The summed E-state index contributed by atoms with van der Waals surface area (Å²) in [7, 11) is 1.66. The average Bonchev–Trinajstić information content (AvgIpc) is 2.79. The maximum Gasteiger partial charge on any atom is 0.256 e. The largest absolute Gasteiger partial charge is 0.326 e.